The fraction of sp³-hybridized carbons (Fsp3) is 0.419. The fourth-order valence-electron chi connectivity index (χ4n) is 5.29. The van der Waals surface area contributed by atoms with E-state index in [2.05, 4.69) is 0 Å². The van der Waals surface area contributed by atoms with Gasteiger partial charge in [0.15, 0.2) is 0 Å². The van der Waals surface area contributed by atoms with Crippen LogP contribution in [0.25, 0.3) is 22.8 Å². The number of fused-ring (bicyclic) bond motifs is 8. The number of carboxylic acid groups (broad SMARTS) is 3. The second kappa shape index (κ2) is 18.2. The van der Waals surface area contributed by atoms with Gasteiger partial charge in [0.2, 0.25) is 0 Å². The Bertz CT molecular complexity index is 1360. The Morgan fingerprint density at radius 2 is 1.13 bits per heavy atom. The Morgan fingerprint density at radius 3 is 1.56 bits per heavy atom. The molecule has 0 saturated heterocycles. The minimum atomic E-state index is -1.28. The van der Waals surface area contributed by atoms with Gasteiger partial charge in [-0.2, -0.15) is 0 Å². The number of nitrogens with two attached hydrogens (primary N) is 1. The Labute approximate surface area is 292 Å². The fourth-order valence-corrected chi connectivity index (χ4v) is 5.29. The van der Waals surface area contributed by atoms with Crippen LogP contribution >= 0.6 is 0 Å². The number of carbonyl (C=O) groups is 3. The third-order valence-electron chi connectivity index (χ3n) is 7.42. The van der Waals surface area contributed by atoms with Gasteiger partial charge in [-0.3, -0.25) is 14.7 Å². The number of aromatic nitrogens is 3. The zero-order valence-electron chi connectivity index (χ0n) is 24.8. The van der Waals surface area contributed by atoms with E-state index in [1.807, 2.05) is 42.5 Å². The minimum Gasteiger partial charge on any atom is -0.549 e. The Balaban J connectivity index is 0.00000552. The molecule has 1 aliphatic heterocycles. The topological polar surface area (TPSA) is 195 Å². The third kappa shape index (κ3) is 11.4. The van der Waals surface area contributed by atoms with Gasteiger partial charge in [0.05, 0.1) is 52.1 Å². The normalized spacial score (nSPS) is 15.7. The van der Waals surface area contributed by atoms with E-state index in [9.17, 15) is 29.7 Å². The van der Waals surface area contributed by atoms with Gasteiger partial charge in [-0.25, -0.2) is 15.0 Å². The van der Waals surface area contributed by atoms with Crippen molar-refractivity contribution in [2.45, 2.75) is 38.4 Å². The largest absolute Gasteiger partial charge is 3.00 e. The molecule has 13 nitrogen and oxygen atoms in total. The predicted octanol–water partition coefficient (Wildman–Crippen LogP) is -2.13. The van der Waals surface area contributed by atoms with Crippen LogP contribution in [0.5, 0.6) is 0 Å². The summed E-state index contributed by atoms with van der Waals surface area (Å²) in [6, 6.07) is 15.3. The molecule has 0 aromatic carbocycles. The SMILES string of the molecule is NCCCC[C@@H](C(=O)[O-])N1CCN(CC(=O)[O-])Cc2cccc(n2)-c2cccc(n2)-c2cccc(n2)CN(CC(=O)[O-])CC1.[Tb+3]. The van der Waals surface area contributed by atoms with Gasteiger partial charge in [0.1, 0.15) is 0 Å². The Kier molecular flexibility index (Phi) is 14.8. The van der Waals surface area contributed by atoms with Gasteiger partial charge in [0.25, 0.3) is 0 Å². The van der Waals surface area contributed by atoms with Crippen LogP contribution in [0.3, 0.4) is 0 Å². The Hall–Kier alpha value is -3.01. The summed E-state index contributed by atoms with van der Waals surface area (Å²) in [7, 11) is 0. The maximum absolute atomic E-state index is 12.3. The van der Waals surface area contributed by atoms with Crippen molar-refractivity contribution in [2.75, 3.05) is 45.8 Å². The maximum Gasteiger partial charge on any atom is 3.00 e. The summed E-state index contributed by atoms with van der Waals surface area (Å²) in [5, 5.41) is 35.7. The first-order chi connectivity index (χ1) is 21.2. The molecule has 240 valence electrons. The number of aliphatic carboxylic acids is 3. The summed E-state index contributed by atoms with van der Waals surface area (Å²) < 4.78 is 0. The quantitative estimate of drug-likeness (QED) is 0.221. The van der Waals surface area contributed by atoms with Gasteiger partial charge >= 0.3 is 38.6 Å². The molecule has 0 amide bonds. The van der Waals surface area contributed by atoms with Crippen molar-refractivity contribution < 1.29 is 68.3 Å². The van der Waals surface area contributed by atoms with Crippen LogP contribution in [0, 0.1) is 38.6 Å². The number of rotatable bonds is 10. The van der Waals surface area contributed by atoms with Crippen LogP contribution in [0.4, 0.5) is 0 Å². The van der Waals surface area contributed by atoms with Crippen molar-refractivity contribution in [2.24, 2.45) is 5.73 Å². The molecule has 1 atom stereocenters. The van der Waals surface area contributed by atoms with Gasteiger partial charge in [-0.1, -0.05) is 24.6 Å². The van der Waals surface area contributed by atoms with Crippen LogP contribution < -0.4 is 21.1 Å². The van der Waals surface area contributed by atoms with Gasteiger partial charge in [0, 0.05) is 58.4 Å². The molecule has 45 heavy (non-hydrogen) atoms. The second-order valence-corrected chi connectivity index (χ2v) is 10.8. The Morgan fingerprint density at radius 1 is 0.689 bits per heavy atom. The summed E-state index contributed by atoms with van der Waals surface area (Å²) >= 11 is 0. The van der Waals surface area contributed by atoms with Crippen molar-refractivity contribution in [3.05, 3.63) is 66.0 Å². The summed E-state index contributed by atoms with van der Waals surface area (Å²) in [5.74, 6) is -3.82. The third-order valence-corrected chi connectivity index (χ3v) is 7.42. The first-order valence-corrected chi connectivity index (χ1v) is 14.6. The van der Waals surface area contributed by atoms with E-state index < -0.39 is 37.0 Å². The van der Waals surface area contributed by atoms with E-state index in [1.165, 1.54) is 0 Å². The monoisotopic (exact) mass is 761 g/mol. The molecule has 0 aliphatic carbocycles. The summed E-state index contributed by atoms with van der Waals surface area (Å²) in [6.07, 6.45) is 1.46. The van der Waals surface area contributed by atoms with Gasteiger partial charge < -0.3 is 35.4 Å². The standard InChI is InChI=1S/C31H39N7O6.Tb/c32-13-2-1-12-28(31(43)44)38-16-14-36(20-29(39)40)18-22-6-3-8-24(33-22)26-10-5-11-27(35-26)25-9-4-7-23(34-25)19-37(15-17-38)21-30(41)42;/h3-11,28H,1-2,12-21,32H2,(H,39,40)(H,41,42)(H,43,44);/q;+3/p-3/t28-;/m0./s1. The van der Waals surface area contributed by atoms with Gasteiger partial charge in [-0.15, -0.1) is 0 Å². The van der Waals surface area contributed by atoms with E-state index in [1.54, 1.807) is 26.8 Å². The molecule has 0 unspecified atom stereocenters. The zero-order valence-corrected chi connectivity index (χ0v) is 26.9. The van der Waals surface area contributed by atoms with Crippen LogP contribution in [0.15, 0.2) is 54.6 Å². The first kappa shape index (κ1) is 36.5. The average molecular weight is 762 g/mol. The van der Waals surface area contributed by atoms with Crippen molar-refractivity contribution in [3.63, 3.8) is 0 Å². The van der Waals surface area contributed by atoms with E-state index >= 15 is 0 Å². The second-order valence-electron chi connectivity index (χ2n) is 10.8. The average Bonchev–Trinajstić information content (AvgIpc) is 2.99. The zero-order chi connectivity index (χ0) is 31.5. The molecule has 0 saturated carbocycles. The van der Waals surface area contributed by atoms with Crippen molar-refractivity contribution in [1.82, 2.24) is 29.7 Å². The molecule has 1 aliphatic rings. The number of hydrogen-bond donors (Lipinski definition) is 1. The minimum absolute atomic E-state index is 0. The number of nitrogens with zero attached hydrogens (tertiary/aromatic N) is 6. The van der Waals surface area contributed by atoms with E-state index in [0.29, 0.717) is 53.5 Å². The van der Waals surface area contributed by atoms with E-state index in [4.69, 9.17) is 20.7 Å². The number of carboxylic acids is 3. The molecule has 0 fully saturated rings. The van der Waals surface area contributed by atoms with E-state index in [0.717, 1.165) is 0 Å². The molecule has 4 heterocycles. The molecular formula is C31H36N7O6Tb. The number of unbranched alkanes of at least 4 members (excludes halogenated alkanes) is 1. The summed E-state index contributed by atoms with van der Waals surface area (Å²) in [6.45, 7) is 0.654. The molecule has 2 N–H and O–H groups in total. The van der Waals surface area contributed by atoms with Crippen molar-refractivity contribution >= 4 is 17.9 Å². The molecule has 6 bridgehead atoms. The summed E-state index contributed by atoms with van der Waals surface area (Å²) in [5.41, 5.74) is 9.21. The van der Waals surface area contributed by atoms with Crippen LogP contribution in [0.2, 0.25) is 0 Å². The number of carbonyl (C=O) groups excluding carboxylic acids is 3. The summed E-state index contributed by atoms with van der Waals surface area (Å²) in [4.78, 5) is 54.8. The molecule has 4 rings (SSSR count). The van der Waals surface area contributed by atoms with Crippen molar-refractivity contribution in [1.29, 1.82) is 0 Å². The van der Waals surface area contributed by atoms with Crippen molar-refractivity contribution in [3.8, 4) is 22.8 Å². The molecular weight excluding hydrogens is 725 g/mol. The molecule has 3 aromatic heterocycles. The molecule has 0 spiro atoms. The molecule has 3 aromatic rings. The maximum atomic E-state index is 12.3. The molecule has 0 radical (unpaired) electrons. The number of hydrogen-bond acceptors (Lipinski definition) is 13. The van der Waals surface area contributed by atoms with Gasteiger partial charge in [-0.05, 0) is 55.8 Å². The predicted molar refractivity (Wildman–Crippen MR) is 155 cm³/mol. The van der Waals surface area contributed by atoms with Crippen LogP contribution in [-0.2, 0) is 27.5 Å². The molecule has 14 heteroatoms. The van der Waals surface area contributed by atoms with E-state index in [-0.39, 0.29) is 84.3 Å². The smallest absolute Gasteiger partial charge is 0.549 e. The number of pyridine rings is 3. The van der Waals surface area contributed by atoms with Crippen LogP contribution in [0.1, 0.15) is 30.7 Å². The first-order valence-electron chi connectivity index (χ1n) is 14.6. The van der Waals surface area contributed by atoms with Crippen LogP contribution in [-0.4, -0.2) is 99.4 Å².